The van der Waals surface area contributed by atoms with Crippen molar-refractivity contribution in [1.29, 1.82) is 0 Å². The normalized spacial score (nSPS) is 14.2. The van der Waals surface area contributed by atoms with Crippen LogP contribution in [0.3, 0.4) is 0 Å². The lowest BCUT2D eigenvalue weighted by atomic mass is 9.95. The van der Waals surface area contributed by atoms with Gasteiger partial charge in [-0.25, -0.2) is 18.0 Å². The highest BCUT2D eigenvalue weighted by atomic mass is 32.2. The Morgan fingerprint density at radius 3 is 2.52 bits per heavy atom. The molecule has 1 aromatic carbocycles. The number of esters is 2. The molecular weight excluding hydrogens is 466 g/mol. The van der Waals surface area contributed by atoms with Crippen molar-refractivity contribution in [3.8, 4) is 0 Å². The zero-order chi connectivity index (χ0) is 24.3. The van der Waals surface area contributed by atoms with Crippen LogP contribution in [-0.4, -0.2) is 45.2 Å². The van der Waals surface area contributed by atoms with E-state index in [1.165, 1.54) is 36.5 Å². The second-order valence-corrected chi connectivity index (χ2v) is 11.0. The van der Waals surface area contributed by atoms with Gasteiger partial charge in [0, 0.05) is 11.1 Å². The molecule has 1 N–H and O–H groups in total. The van der Waals surface area contributed by atoms with Crippen molar-refractivity contribution in [2.24, 2.45) is 0 Å². The molecule has 1 aromatic heterocycles. The largest absolute Gasteiger partial charge is 0.462 e. The first-order chi connectivity index (χ1) is 15.5. The first kappa shape index (κ1) is 24.9. The number of benzene rings is 1. The summed E-state index contributed by atoms with van der Waals surface area (Å²) in [5, 5.41) is 3.11. The van der Waals surface area contributed by atoms with Crippen molar-refractivity contribution >= 4 is 44.0 Å². The Bertz CT molecular complexity index is 1200. The van der Waals surface area contributed by atoms with Gasteiger partial charge in [0.05, 0.1) is 22.6 Å². The SMILES string of the molecule is CCOC(=O)c1c(NC(=O)C(C)OC(=O)c2cc(S(C)(=O)=O)ccc2C)sc2c1CCCC2. The van der Waals surface area contributed by atoms with Gasteiger partial charge in [0.2, 0.25) is 0 Å². The molecule has 0 aliphatic heterocycles. The maximum Gasteiger partial charge on any atom is 0.341 e. The third-order valence-corrected chi connectivity index (χ3v) is 7.72. The predicted molar refractivity (Wildman–Crippen MR) is 125 cm³/mol. The van der Waals surface area contributed by atoms with Crippen molar-refractivity contribution in [1.82, 2.24) is 0 Å². The molecule has 0 spiro atoms. The van der Waals surface area contributed by atoms with Gasteiger partial charge in [0.1, 0.15) is 5.00 Å². The third-order valence-electron chi connectivity index (χ3n) is 5.40. The van der Waals surface area contributed by atoms with Crippen molar-refractivity contribution in [2.45, 2.75) is 57.5 Å². The maximum absolute atomic E-state index is 12.8. The molecule has 3 rings (SSSR count). The van der Waals surface area contributed by atoms with E-state index < -0.39 is 33.8 Å². The van der Waals surface area contributed by atoms with Crippen molar-refractivity contribution < 1.29 is 32.3 Å². The summed E-state index contributed by atoms with van der Waals surface area (Å²) in [6.45, 7) is 5.00. The van der Waals surface area contributed by atoms with Crippen molar-refractivity contribution in [2.75, 3.05) is 18.2 Å². The lowest BCUT2D eigenvalue weighted by Gasteiger charge is -2.15. The molecule has 1 atom stereocenters. The van der Waals surface area contributed by atoms with Gasteiger partial charge in [-0.1, -0.05) is 6.07 Å². The second-order valence-electron chi connectivity index (χ2n) is 7.92. The summed E-state index contributed by atoms with van der Waals surface area (Å²) in [5.41, 5.74) is 1.88. The summed E-state index contributed by atoms with van der Waals surface area (Å²) >= 11 is 1.34. The first-order valence-corrected chi connectivity index (χ1v) is 13.4. The van der Waals surface area contributed by atoms with Gasteiger partial charge >= 0.3 is 11.9 Å². The van der Waals surface area contributed by atoms with Crippen LogP contribution in [0, 0.1) is 6.92 Å². The fourth-order valence-corrected chi connectivity index (χ4v) is 5.54. The molecule has 1 aliphatic rings. The number of nitrogens with one attached hydrogen (secondary N) is 1. The van der Waals surface area contributed by atoms with Crippen LogP contribution in [0.5, 0.6) is 0 Å². The van der Waals surface area contributed by atoms with E-state index >= 15 is 0 Å². The van der Waals surface area contributed by atoms with E-state index in [0.717, 1.165) is 42.4 Å². The van der Waals surface area contributed by atoms with Crippen LogP contribution >= 0.6 is 11.3 Å². The van der Waals surface area contributed by atoms with Gasteiger partial charge in [-0.2, -0.15) is 0 Å². The first-order valence-electron chi connectivity index (χ1n) is 10.7. The number of hydrogen-bond donors (Lipinski definition) is 1. The number of rotatable bonds is 7. The van der Waals surface area contributed by atoms with Gasteiger partial charge in [-0.15, -0.1) is 11.3 Å². The zero-order valence-corrected chi connectivity index (χ0v) is 20.7. The van der Waals surface area contributed by atoms with Crippen LogP contribution in [0.1, 0.15) is 63.4 Å². The van der Waals surface area contributed by atoms with E-state index in [9.17, 15) is 22.8 Å². The van der Waals surface area contributed by atoms with Crippen molar-refractivity contribution in [3.05, 3.63) is 45.3 Å². The molecule has 0 saturated carbocycles. The molecule has 0 radical (unpaired) electrons. The van der Waals surface area contributed by atoms with Gasteiger partial charge in [-0.3, -0.25) is 4.79 Å². The number of ether oxygens (including phenoxy) is 2. The molecule has 2 aromatic rings. The van der Waals surface area contributed by atoms with E-state index in [-0.39, 0.29) is 17.1 Å². The summed E-state index contributed by atoms with van der Waals surface area (Å²) in [5.74, 6) is -1.88. The highest BCUT2D eigenvalue weighted by Gasteiger charge is 2.29. The fourth-order valence-electron chi connectivity index (χ4n) is 3.62. The van der Waals surface area contributed by atoms with Crippen LogP contribution < -0.4 is 5.32 Å². The van der Waals surface area contributed by atoms with Gasteiger partial charge in [0.15, 0.2) is 15.9 Å². The number of amides is 1. The average molecular weight is 494 g/mol. The lowest BCUT2D eigenvalue weighted by Crippen LogP contribution is -2.30. The number of anilines is 1. The molecule has 0 fully saturated rings. The van der Waals surface area contributed by atoms with Gasteiger partial charge in [0.25, 0.3) is 5.91 Å². The van der Waals surface area contributed by atoms with Gasteiger partial charge in [-0.05, 0) is 69.7 Å². The molecular formula is C23H27NO7S2. The van der Waals surface area contributed by atoms with Crippen LogP contribution in [0.2, 0.25) is 0 Å². The molecule has 33 heavy (non-hydrogen) atoms. The van der Waals surface area contributed by atoms with Crippen LogP contribution in [0.4, 0.5) is 5.00 Å². The topological polar surface area (TPSA) is 116 Å². The van der Waals surface area contributed by atoms with E-state index in [1.54, 1.807) is 13.8 Å². The molecule has 0 saturated heterocycles. The minimum Gasteiger partial charge on any atom is -0.462 e. The summed E-state index contributed by atoms with van der Waals surface area (Å²) in [6, 6.07) is 4.16. The van der Waals surface area contributed by atoms with E-state index in [0.29, 0.717) is 16.1 Å². The number of aryl methyl sites for hydroxylation is 2. The molecule has 10 heteroatoms. The van der Waals surface area contributed by atoms with Crippen LogP contribution in [-0.2, 0) is 36.9 Å². The van der Waals surface area contributed by atoms with E-state index in [4.69, 9.17) is 9.47 Å². The molecule has 1 heterocycles. The summed E-state index contributed by atoms with van der Waals surface area (Å²) < 4.78 is 34.1. The minimum absolute atomic E-state index is 0.0135. The zero-order valence-electron chi connectivity index (χ0n) is 19.0. The maximum atomic E-state index is 12.8. The summed E-state index contributed by atoms with van der Waals surface area (Å²) in [6.07, 6.45) is 3.43. The highest BCUT2D eigenvalue weighted by Crippen LogP contribution is 2.38. The Labute approximate surface area is 197 Å². The predicted octanol–water partition coefficient (Wildman–Crippen LogP) is 3.70. The number of hydrogen-bond acceptors (Lipinski definition) is 8. The second kappa shape index (κ2) is 10.0. The third kappa shape index (κ3) is 5.62. The molecule has 178 valence electrons. The number of carbonyl (C=O) groups is 3. The lowest BCUT2D eigenvalue weighted by molar-refractivity contribution is -0.123. The standard InChI is InChI=1S/C23H27NO7S2/c1-5-30-23(27)19-16-8-6-7-9-18(16)32-21(19)24-20(25)14(3)31-22(26)17-12-15(33(4,28)29)11-10-13(17)2/h10-12,14H,5-9H2,1-4H3,(H,24,25). The number of carbonyl (C=O) groups excluding carboxylic acids is 3. The number of thiophene rings is 1. The summed E-state index contributed by atoms with van der Waals surface area (Å²) in [7, 11) is -3.51. The Balaban J connectivity index is 1.79. The van der Waals surface area contributed by atoms with Gasteiger partial charge < -0.3 is 14.8 Å². The average Bonchev–Trinajstić information content (AvgIpc) is 3.11. The Morgan fingerprint density at radius 1 is 1.15 bits per heavy atom. The number of fused-ring (bicyclic) bond motifs is 1. The highest BCUT2D eigenvalue weighted by molar-refractivity contribution is 7.90. The molecule has 0 bridgehead atoms. The number of sulfone groups is 1. The van der Waals surface area contributed by atoms with Crippen LogP contribution in [0.25, 0.3) is 0 Å². The van der Waals surface area contributed by atoms with Crippen molar-refractivity contribution in [3.63, 3.8) is 0 Å². The molecule has 1 aliphatic carbocycles. The molecule has 8 nitrogen and oxygen atoms in total. The molecule has 1 amide bonds. The van der Waals surface area contributed by atoms with E-state index in [1.807, 2.05) is 0 Å². The van der Waals surface area contributed by atoms with Crippen LogP contribution in [0.15, 0.2) is 23.1 Å². The summed E-state index contributed by atoms with van der Waals surface area (Å²) in [4.78, 5) is 39.1. The smallest absolute Gasteiger partial charge is 0.341 e. The monoisotopic (exact) mass is 493 g/mol. The van der Waals surface area contributed by atoms with E-state index in [2.05, 4.69) is 5.32 Å². The fraction of sp³-hybridized carbons (Fsp3) is 0.435. The Kier molecular flexibility index (Phi) is 7.58. The quantitative estimate of drug-likeness (QED) is 0.585. The molecule has 1 unspecified atom stereocenters. The Hall–Kier alpha value is -2.72. The Morgan fingerprint density at radius 2 is 1.85 bits per heavy atom. The minimum atomic E-state index is -3.51.